The van der Waals surface area contributed by atoms with E-state index in [0.717, 1.165) is 12.8 Å². The maximum absolute atomic E-state index is 15.0. The van der Waals surface area contributed by atoms with Crippen molar-refractivity contribution < 1.29 is 23.4 Å². The van der Waals surface area contributed by atoms with Gasteiger partial charge in [0.1, 0.15) is 23.5 Å². The van der Waals surface area contributed by atoms with Crippen molar-refractivity contribution in [2.75, 3.05) is 19.0 Å². The number of alkyl carbamates (subject to hydrolysis) is 1. The van der Waals surface area contributed by atoms with Crippen LogP contribution < -0.4 is 10.6 Å². The number of nitrogens with one attached hydrogen (secondary N) is 3. The molecule has 3 N–H and O–H groups in total. The molecule has 178 valence electrons. The number of ether oxygens (including phenoxy) is 3. The molecule has 2 aliphatic rings. The highest BCUT2D eigenvalue weighted by Crippen LogP contribution is 2.36. The number of nitrogens with zero attached hydrogens (tertiary/aromatic N) is 5. The minimum atomic E-state index is -1.57. The Morgan fingerprint density at radius 2 is 2.26 bits per heavy atom. The van der Waals surface area contributed by atoms with E-state index in [1.807, 2.05) is 13.0 Å². The molecule has 0 spiro atoms. The number of H-pyrrole nitrogens is 1. The first-order valence-corrected chi connectivity index (χ1v) is 10.7. The van der Waals surface area contributed by atoms with Crippen LogP contribution in [0.5, 0.6) is 0 Å². The number of nitriles is 1. The van der Waals surface area contributed by atoms with Crippen LogP contribution in [0.15, 0.2) is 18.3 Å². The van der Waals surface area contributed by atoms with E-state index in [1.165, 1.54) is 0 Å². The Hall–Kier alpha value is -3.76. The highest BCUT2D eigenvalue weighted by atomic mass is 19.1. The third-order valence-electron chi connectivity index (χ3n) is 5.80. The summed E-state index contributed by atoms with van der Waals surface area (Å²) in [5.41, 5.74) is 1.46. The van der Waals surface area contributed by atoms with Gasteiger partial charge >= 0.3 is 6.09 Å². The van der Waals surface area contributed by atoms with Crippen LogP contribution in [0.1, 0.15) is 43.0 Å². The molecule has 1 amide bonds. The predicted molar refractivity (Wildman–Crippen MR) is 115 cm³/mol. The van der Waals surface area contributed by atoms with Gasteiger partial charge in [0.2, 0.25) is 5.95 Å². The summed E-state index contributed by atoms with van der Waals surface area (Å²) >= 11 is 0. The molecule has 13 heteroatoms. The zero-order valence-electron chi connectivity index (χ0n) is 18.5. The van der Waals surface area contributed by atoms with E-state index < -0.39 is 24.5 Å². The number of carbonyl (C=O) groups excluding carboxylic acids is 1. The smallest absolute Gasteiger partial charge is 0.408 e. The van der Waals surface area contributed by atoms with E-state index in [0.29, 0.717) is 35.4 Å². The molecule has 3 atom stereocenters. The van der Waals surface area contributed by atoms with Crippen molar-refractivity contribution in [1.29, 1.82) is 5.26 Å². The van der Waals surface area contributed by atoms with Gasteiger partial charge in [-0.15, -0.1) is 0 Å². The third kappa shape index (κ3) is 4.37. The first kappa shape index (κ1) is 22.1. The van der Waals surface area contributed by atoms with E-state index >= 15 is 0 Å². The maximum Gasteiger partial charge on any atom is 0.408 e. The quantitative estimate of drug-likeness (QED) is 0.472. The number of carbonyl (C=O) groups is 1. The van der Waals surface area contributed by atoms with Gasteiger partial charge in [0, 0.05) is 31.0 Å². The van der Waals surface area contributed by atoms with Crippen LogP contribution in [0.3, 0.4) is 0 Å². The summed E-state index contributed by atoms with van der Waals surface area (Å²) < 4.78 is 32.5. The highest BCUT2D eigenvalue weighted by molar-refractivity contribution is 5.69. The summed E-state index contributed by atoms with van der Waals surface area (Å²) in [5.74, 6) is 0.637. The summed E-state index contributed by atoms with van der Waals surface area (Å²) in [6, 6.07) is 5.13. The zero-order chi connectivity index (χ0) is 23.9. The summed E-state index contributed by atoms with van der Waals surface area (Å²) in [6.07, 6.45) is -0.730. The lowest BCUT2D eigenvalue weighted by molar-refractivity contribution is 0.0604. The van der Waals surface area contributed by atoms with Crippen molar-refractivity contribution >= 4 is 23.5 Å². The van der Waals surface area contributed by atoms with E-state index in [2.05, 4.69) is 30.8 Å². The number of amides is 1. The van der Waals surface area contributed by atoms with E-state index in [9.17, 15) is 14.4 Å². The largest absolute Gasteiger partial charge is 0.441 e. The molecule has 0 bridgehead atoms. The Morgan fingerprint density at radius 1 is 1.44 bits per heavy atom. The van der Waals surface area contributed by atoms with Gasteiger partial charge in [0.25, 0.3) is 0 Å². The van der Waals surface area contributed by atoms with Crippen LogP contribution in [0.2, 0.25) is 0 Å². The van der Waals surface area contributed by atoms with Crippen LogP contribution in [-0.2, 0) is 20.8 Å². The number of aromatic amines is 1. The Balaban J connectivity index is 1.29. The number of hydrogen-bond acceptors (Lipinski definition) is 9. The lowest BCUT2D eigenvalue weighted by atomic mass is 10.1. The second kappa shape index (κ2) is 8.54. The number of fused-ring (bicyclic) bond motifs is 1. The Kier molecular flexibility index (Phi) is 5.54. The van der Waals surface area contributed by atoms with Crippen LogP contribution in [-0.4, -0.2) is 62.2 Å². The molecule has 3 aromatic heterocycles. The fraction of sp³-hybridized carbons (Fsp3) is 0.476. The Labute approximate surface area is 193 Å². The van der Waals surface area contributed by atoms with Crippen LogP contribution >= 0.6 is 0 Å². The number of rotatable bonds is 7. The van der Waals surface area contributed by atoms with E-state index in [-0.39, 0.29) is 17.8 Å². The summed E-state index contributed by atoms with van der Waals surface area (Å²) in [7, 11) is 1.56. The summed E-state index contributed by atoms with van der Waals surface area (Å²) in [4.78, 5) is 20.7. The van der Waals surface area contributed by atoms with Gasteiger partial charge < -0.3 is 24.8 Å². The highest BCUT2D eigenvalue weighted by Gasteiger charge is 2.44. The molecule has 0 radical (unpaired) electrons. The van der Waals surface area contributed by atoms with Gasteiger partial charge in [0.15, 0.2) is 18.1 Å². The molecule has 0 aromatic carbocycles. The molecule has 5 rings (SSSR count). The topological polar surface area (TPSA) is 151 Å². The van der Waals surface area contributed by atoms with Gasteiger partial charge in [0.05, 0.1) is 24.6 Å². The number of imidazole rings is 1. The summed E-state index contributed by atoms with van der Waals surface area (Å²) in [5, 5.41) is 22.0. The fourth-order valence-corrected chi connectivity index (χ4v) is 3.73. The van der Waals surface area contributed by atoms with Crippen molar-refractivity contribution in [3.63, 3.8) is 0 Å². The minimum Gasteiger partial charge on any atom is -0.441 e. The summed E-state index contributed by atoms with van der Waals surface area (Å²) in [6.45, 7) is 2.14. The molecule has 2 fully saturated rings. The van der Waals surface area contributed by atoms with E-state index in [4.69, 9.17) is 14.2 Å². The number of methoxy groups -OCH3 is 1. The van der Waals surface area contributed by atoms with Crippen LogP contribution in [0, 0.1) is 11.3 Å². The number of anilines is 2. The van der Waals surface area contributed by atoms with Gasteiger partial charge in [-0.05, 0) is 19.8 Å². The monoisotopic (exact) mass is 470 g/mol. The van der Waals surface area contributed by atoms with E-state index in [1.54, 1.807) is 29.8 Å². The van der Waals surface area contributed by atoms with Gasteiger partial charge in [-0.25, -0.2) is 19.2 Å². The molecule has 1 aliphatic heterocycles. The molecule has 0 unspecified atom stereocenters. The Bertz CT molecular complexity index is 1260. The molecule has 1 saturated carbocycles. The fourth-order valence-electron chi connectivity index (χ4n) is 3.73. The van der Waals surface area contributed by atoms with Gasteiger partial charge in [-0.3, -0.25) is 9.50 Å². The average molecular weight is 470 g/mol. The van der Waals surface area contributed by atoms with Gasteiger partial charge in [-0.2, -0.15) is 10.4 Å². The second-order valence-corrected chi connectivity index (χ2v) is 8.63. The molecule has 3 aromatic rings. The minimum absolute atomic E-state index is 0.0680. The van der Waals surface area contributed by atoms with Crippen molar-refractivity contribution in [2.24, 2.45) is 0 Å². The molecule has 1 aliphatic carbocycles. The molecular formula is C21H23FN8O4. The number of aromatic nitrogens is 5. The molecular weight excluding hydrogens is 447 g/mol. The normalized spacial score (nSPS) is 22.9. The lowest BCUT2D eigenvalue weighted by Gasteiger charge is -2.17. The first-order chi connectivity index (χ1) is 16.4. The van der Waals surface area contributed by atoms with Crippen molar-refractivity contribution in [2.45, 2.75) is 50.3 Å². The first-order valence-electron chi connectivity index (χ1n) is 10.7. The van der Waals surface area contributed by atoms with Crippen LogP contribution in [0.25, 0.3) is 5.65 Å². The maximum atomic E-state index is 15.0. The SMILES string of the molecule is COCc1cn2c(Nc3cc([C@@H]4OC[C@H](OC(=O)NC5(C)CC5)[C@H]4F)[nH]n3)nc(C#N)cc2n1. The zero-order valence-corrected chi connectivity index (χ0v) is 18.5. The standard InChI is InChI=1S/C21H23FN8O4/c1-21(3-4-21)27-20(31)34-14-10-33-18(17(14)22)13-6-15(29-28-13)26-19-25-11(7-23)5-16-24-12(9-32-2)8-30(16)19/h5-6,8,14,17-18H,3-4,9-10H2,1-2H3,(H,27,31)(H2,25,26,28,29)/t14-,17+,18-/m0/s1. The predicted octanol–water partition coefficient (Wildman–Crippen LogP) is 2.27. The molecule has 1 saturated heterocycles. The lowest BCUT2D eigenvalue weighted by Crippen LogP contribution is -2.39. The number of hydrogen-bond donors (Lipinski definition) is 3. The van der Waals surface area contributed by atoms with Crippen molar-refractivity contribution in [3.05, 3.63) is 35.4 Å². The number of halogens is 1. The number of alkyl halides is 1. The Morgan fingerprint density at radius 3 is 3.00 bits per heavy atom. The molecule has 12 nitrogen and oxygen atoms in total. The van der Waals surface area contributed by atoms with Crippen molar-refractivity contribution in [3.8, 4) is 6.07 Å². The molecule has 4 heterocycles. The third-order valence-corrected chi connectivity index (χ3v) is 5.80. The molecule has 34 heavy (non-hydrogen) atoms. The average Bonchev–Trinajstić information content (AvgIpc) is 3.14. The van der Waals surface area contributed by atoms with Crippen molar-refractivity contribution in [1.82, 2.24) is 29.9 Å². The second-order valence-electron chi connectivity index (χ2n) is 8.63. The van der Waals surface area contributed by atoms with Crippen LogP contribution in [0.4, 0.5) is 21.0 Å². The van der Waals surface area contributed by atoms with Gasteiger partial charge in [-0.1, -0.05) is 0 Å².